The lowest BCUT2D eigenvalue weighted by Gasteiger charge is -2.11. The number of nitrogens with zero attached hydrogens (tertiary/aromatic N) is 1. The van der Waals surface area contributed by atoms with Crippen molar-refractivity contribution in [3.63, 3.8) is 0 Å². The summed E-state index contributed by atoms with van der Waals surface area (Å²) >= 11 is 1.05. The zero-order valence-electron chi connectivity index (χ0n) is 14.7. The maximum Gasteiger partial charge on any atom is 0.308 e. The van der Waals surface area contributed by atoms with E-state index in [0.29, 0.717) is 22.7 Å². The Morgan fingerprint density at radius 1 is 1.15 bits per heavy atom. The molecule has 0 aliphatic carbocycles. The Hall–Kier alpha value is -2.32. The molecule has 3 aromatic rings. The summed E-state index contributed by atoms with van der Waals surface area (Å²) in [4.78, 5) is 12.0. The molecule has 0 aliphatic heterocycles. The summed E-state index contributed by atoms with van der Waals surface area (Å²) in [5.74, 6) is 0.676. The van der Waals surface area contributed by atoms with Crippen molar-refractivity contribution >= 4 is 37.3 Å². The number of nitrogens with one attached hydrogen (secondary N) is 1. The maximum absolute atomic E-state index is 12.6. The first kappa shape index (κ1) is 18.5. The molecule has 0 saturated heterocycles. The minimum atomic E-state index is -3.75. The number of ether oxygens (including phenoxy) is 1. The van der Waals surface area contributed by atoms with Crippen LogP contribution in [0.2, 0.25) is 0 Å². The van der Waals surface area contributed by atoms with E-state index in [4.69, 9.17) is 4.74 Å². The SMILES string of the molecule is CCn1c(=O)sc2cc(S(=O)(=O)Nc3ccc(OC(C)C)cc3)ccc21. The van der Waals surface area contributed by atoms with Crippen molar-refractivity contribution in [3.8, 4) is 5.75 Å². The van der Waals surface area contributed by atoms with Crippen LogP contribution in [-0.4, -0.2) is 19.1 Å². The normalized spacial score (nSPS) is 11.8. The van der Waals surface area contributed by atoms with Gasteiger partial charge in [0.2, 0.25) is 0 Å². The van der Waals surface area contributed by atoms with Crippen LogP contribution in [0.4, 0.5) is 5.69 Å². The van der Waals surface area contributed by atoms with Crippen LogP contribution in [0.3, 0.4) is 0 Å². The number of aryl methyl sites for hydroxylation is 1. The van der Waals surface area contributed by atoms with Crippen molar-refractivity contribution in [2.24, 2.45) is 0 Å². The molecule has 2 aromatic carbocycles. The summed E-state index contributed by atoms with van der Waals surface area (Å²) in [7, 11) is -3.75. The fraction of sp³-hybridized carbons (Fsp3) is 0.278. The molecular weight excluding hydrogens is 372 g/mol. The topological polar surface area (TPSA) is 77.4 Å². The van der Waals surface area contributed by atoms with E-state index in [-0.39, 0.29) is 15.9 Å². The smallest absolute Gasteiger partial charge is 0.308 e. The molecule has 1 aromatic heterocycles. The molecule has 3 rings (SSSR count). The summed E-state index contributed by atoms with van der Waals surface area (Å²) in [6.07, 6.45) is 0.0480. The molecule has 0 aliphatic rings. The number of sulfonamides is 1. The second kappa shape index (κ2) is 7.13. The van der Waals surface area contributed by atoms with Crippen LogP contribution in [0.25, 0.3) is 10.2 Å². The second-order valence-corrected chi connectivity index (χ2v) is 8.71. The molecule has 0 bridgehead atoms. The average molecular weight is 393 g/mol. The number of hydrogen-bond donors (Lipinski definition) is 1. The summed E-state index contributed by atoms with van der Waals surface area (Å²) in [5.41, 5.74) is 1.19. The van der Waals surface area contributed by atoms with Crippen LogP contribution in [0, 0.1) is 0 Å². The summed E-state index contributed by atoms with van der Waals surface area (Å²) in [5, 5.41) is 0. The van der Waals surface area contributed by atoms with E-state index < -0.39 is 10.0 Å². The van der Waals surface area contributed by atoms with Crippen LogP contribution < -0.4 is 14.3 Å². The fourth-order valence-corrected chi connectivity index (χ4v) is 4.75. The third-order valence-corrected chi connectivity index (χ3v) is 6.07. The number of hydrogen-bond acceptors (Lipinski definition) is 5. The van der Waals surface area contributed by atoms with Crippen molar-refractivity contribution < 1.29 is 13.2 Å². The zero-order valence-corrected chi connectivity index (χ0v) is 16.4. The van der Waals surface area contributed by atoms with E-state index in [0.717, 1.165) is 16.9 Å². The van der Waals surface area contributed by atoms with Gasteiger partial charge < -0.3 is 4.74 Å². The monoisotopic (exact) mass is 392 g/mol. The lowest BCUT2D eigenvalue weighted by molar-refractivity contribution is 0.242. The summed E-state index contributed by atoms with van der Waals surface area (Å²) in [6, 6.07) is 11.5. The van der Waals surface area contributed by atoms with Crippen LogP contribution in [0.15, 0.2) is 52.2 Å². The van der Waals surface area contributed by atoms with Gasteiger partial charge in [-0.25, -0.2) is 8.42 Å². The van der Waals surface area contributed by atoms with Gasteiger partial charge in [0, 0.05) is 12.2 Å². The number of aromatic nitrogens is 1. The Labute approximate surface area is 156 Å². The van der Waals surface area contributed by atoms with Gasteiger partial charge in [-0.2, -0.15) is 0 Å². The summed E-state index contributed by atoms with van der Waals surface area (Å²) < 4.78 is 35.7. The third kappa shape index (κ3) is 3.76. The van der Waals surface area contributed by atoms with Crippen molar-refractivity contribution in [3.05, 3.63) is 52.1 Å². The second-order valence-electron chi connectivity index (χ2n) is 6.04. The Morgan fingerprint density at radius 3 is 2.46 bits per heavy atom. The number of rotatable bonds is 6. The highest BCUT2D eigenvalue weighted by atomic mass is 32.2. The largest absolute Gasteiger partial charge is 0.491 e. The first-order valence-electron chi connectivity index (χ1n) is 8.23. The van der Waals surface area contributed by atoms with E-state index >= 15 is 0 Å². The average Bonchev–Trinajstić information content (AvgIpc) is 2.90. The summed E-state index contributed by atoms with van der Waals surface area (Å²) in [6.45, 7) is 6.28. The van der Waals surface area contributed by atoms with Gasteiger partial charge in [-0.05, 0) is 63.2 Å². The van der Waals surface area contributed by atoms with Crippen LogP contribution in [0.5, 0.6) is 5.75 Å². The Bertz CT molecular complexity index is 1080. The van der Waals surface area contributed by atoms with Gasteiger partial charge >= 0.3 is 4.87 Å². The van der Waals surface area contributed by atoms with Crippen LogP contribution in [-0.2, 0) is 16.6 Å². The molecule has 0 amide bonds. The highest BCUT2D eigenvalue weighted by Gasteiger charge is 2.17. The van der Waals surface area contributed by atoms with Gasteiger partial charge in [-0.1, -0.05) is 11.3 Å². The molecule has 0 atom stereocenters. The first-order valence-corrected chi connectivity index (χ1v) is 10.5. The number of thiazole rings is 1. The molecule has 26 heavy (non-hydrogen) atoms. The molecule has 0 spiro atoms. The van der Waals surface area contributed by atoms with Gasteiger partial charge in [0.15, 0.2) is 0 Å². The van der Waals surface area contributed by atoms with Crippen LogP contribution >= 0.6 is 11.3 Å². The molecule has 1 N–H and O–H groups in total. The highest BCUT2D eigenvalue weighted by Crippen LogP contribution is 2.24. The number of fused-ring (bicyclic) bond motifs is 1. The van der Waals surface area contributed by atoms with Crippen molar-refractivity contribution in [2.75, 3.05) is 4.72 Å². The van der Waals surface area contributed by atoms with Crippen LogP contribution in [0.1, 0.15) is 20.8 Å². The van der Waals surface area contributed by atoms with E-state index in [9.17, 15) is 13.2 Å². The quantitative estimate of drug-likeness (QED) is 0.694. The van der Waals surface area contributed by atoms with Crippen molar-refractivity contribution in [1.82, 2.24) is 4.57 Å². The molecule has 1 heterocycles. The van der Waals surface area contributed by atoms with E-state index in [1.807, 2.05) is 20.8 Å². The molecule has 6 nitrogen and oxygen atoms in total. The molecule has 0 unspecified atom stereocenters. The number of anilines is 1. The molecule has 0 fully saturated rings. The highest BCUT2D eigenvalue weighted by molar-refractivity contribution is 7.92. The van der Waals surface area contributed by atoms with Crippen molar-refractivity contribution in [2.45, 2.75) is 38.3 Å². The molecule has 0 saturated carbocycles. The maximum atomic E-state index is 12.6. The molecule has 138 valence electrons. The molecular formula is C18H20N2O4S2. The Morgan fingerprint density at radius 2 is 1.85 bits per heavy atom. The lowest BCUT2D eigenvalue weighted by atomic mass is 10.3. The van der Waals surface area contributed by atoms with E-state index in [1.165, 1.54) is 12.1 Å². The Kier molecular flexibility index (Phi) is 5.06. The van der Waals surface area contributed by atoms with E-state index in [1.54, 1.807) is 34.9 Å². The lowest BCUT2D eigenvalue weighted by Crippen LogP contribution is -2.13. The van der Waals surface area contributed by atoms with Gasteiger partial charge in [-0.3, -0.25) is 14.1 Å². The zero-order chi connectivity index (χ0) is 18.9. The minimum absolute atomic E-state index is 0.0480. The minimum Gasteiger partial charge on any atom is -0.491 e. The molecule has 8 heteroatoms. The van der Waals surface area contributed by atoms with Gasteiger partial charge in [0.05, 0.1) is 21.2 Å². The predicted octanol–water partition coefficient (Wildman–Crippen LogP) is 3.67. The van der Waals surface area contributed by atoms with Crippen molar-refractivity contribution in [1.29, 1.82) is 0 Å². The Balaban J connectivity index is 1.88. The van der Waals surface area contributed by atoms with E-state index in [2.05, 4.69) is 4.72 Å². The molecule has 0 radical (unpaired) electrons. The van der Waals surface area contributed by atoms with Gasteiger partial charge in [-0.15, -0.1) is 0 Å². The van der Waals surface area contributed by atoms with Gasteiger partial charge in [0.1, 0.15) is 5.75 Å². The standard InChI is InChI=1S/C18H20N2O4S2/c1-4-20-16-10-9-15(11-17(16)25-18(20)21)26(22,23)19-13-5-7-14(8-6-13)24-12(2)3/h5-12,19H,4H2,1-3H3. The first-order chi connectivity index (χ1) is 12.3. The fourth-order valence-electron chi connectivity index (χ4n) is 2.60. The third-order valence-electron chi connectivity index (χ3n) is 3.74. The number of benzene rings is 2. The predicted molar refractivity (Wildman–Crippen MR) is 105 cm³/mol. The van der Waals surface area contributed by atoms with Gasteiger partial charge in [0.25, 0.3) is 10.0 Å².